The average Bonchev–Trinajstić information content (AvgIpc) is 2.91. The highest BCUT2D eigenvalue weighted by Crippen LogP contribution is 2.40. The SMILES string of the molecule is FC(F)(F)Cc1noc(CN2CCC[C@H]2c2noc(C3CC3)n2)n1. The summed E-state index contributed by atoms with van der Waals surface area (Å²) in [6, 6.07) is -0.0285. The second kappa shape index (κ2) is 5.83. The van der Waals surface area contributed by atoms with Crippen LogP contribution in [-0.2, 0) is 13.0 Å². The van der Waals surface area contributed by atoms with Crippen molar-refractivity contribution in [2.45, 2.75) is 56.8 Å². The number of hydrogen-bond acceptors (Lipinski definition) is 7. The molecule has 2 aromatic rings. The molecule has 1 atom stereocenters. The zero-order chi connectivity index (χ0) is 16.7. The molecule has 7 nitrogen and oxygen atoms in total. The molecule has 1 saturated carbocycles. The molecule has 1 aliphatic heterocycles. The van der Waals surface area contributed by atoms with Crippen LogP contribution in [0.1, 0.15) is 61.1 Å². The van der Waals surface area contributed by atoms with E-state index in [-0.39, 0.29) is 24.3 Å². The van der Waals surface area contributed by atoms with E-state index in [0.29, 0.717) is 17.6 Å². The van der Waals surface area contributed by atoms with Crippen molar-refractivity contribution in [3.8, 4) is 0 Å². The number of halogens is 3. The highest BCUT2D eigenvalue weighted by Gasteiger charge is 2.35. The van der Waals surface area contributed by atoms with Gasteiger partial charge < -0.3 is 9.05 Å². The summed E-state index contributed by atoms with van der Waals surface area (Å²) in [5, 5.41) is 7.46. The third-order valence-corrected chi connectivity index (χ3v) is 4.25. The van der Waals surface area contributed by atoms with Crippen LogP contribution in [0.5, 0.6) is 0 Å². The zero-order valence-electron chi connectivity index (χ0n) is 12.8. The van der Waals surface area contributed by atoms with Gasteiger partial charge in [-0.3, -0.25) is 4.90 Å². The smallest absolute Gasteiger partial charge is 0.339 e. The first kappa shape index (κ1) is 15.6. The summed E-state index contributed by atoms with van der Waals surface area (Å²) in [6.07, 6.45) is -1.55. The van der Waals surface area contributed by atoms with E-state index < -0.39 is 12.6 Å². The van der Waals surface area contributed by atoms with Crippen LogP contribution in [0.2, 0.25) is 0 Å². The van der Waals surface area contributed by atoms with Gasteiger partial charge in [-0.1, -0.05) is 10.3 Å². The second-order valence-corrected chi connectivity index (χ2v) is 6.29. The van der Waals surface area contributed by atoms with E-state index in [9.17, 15) is 13.2 Å². The molecule has 2 aromatic heterocycles. The van der Waals surface area contributed by atoms with Gasteiger partial charge in [-0.15, -0.1) is 0 Å². The van der Waals surface area contributed by atoms with Crippen molar-refractivity contribution in [2.24, 2.45) is 0 Å². The fourth-order valence-electron chi connectivity index (χ4n) is 2.97. The Morgan fingerprint density at radius 3 is 2.67 bits per heavy atom. The minimum atomic E-state index is -4.35. The van der Waals surface area contributed by atoms with Crippen LogP contribution in [0, 0.1) is 0 Å². The molecule has 4 rings (SSSR count). The molecule has 0 radical (unpaired) electrons. The molecule has 0 bridgehead atoms. The first-order chi connectivity index (χ1) is 11.5. The maximum Gasteiger partial charge on any atom is 0.396 e. The fourth-order valence-corrected chi connectivity index (χ4v) is 2.97. The van der Waals surface area contributed by atoms with Gasteiger partial charge in [0.05, 0.1) is 12.6 Å². The third kappa shape index (κ3) is 3.42. The number of alkyl halides is 3. The van der Waals surface area contributed by atoms with Crippen molar-refractivity contribution in [1.29, 1.82) is 0 Å². The van der Waals surface area contributed by atoms with E-state index in [4.69, 9.17) is 9.05 Å². The van der Waals surface area contributed by atoms with Crippen LogP contribution in [0.15, 0.2) is 9.05 Å². The lowest BCUT2D eigenvalue weighted by Gasteiger charge is -2.19. The van der Waals surface area contributed by atoms with E-state index >= 15 is 0 Å². The van der Waals surface area contributed by atoms with Gasteiger partial charge in [0.25, 0.3) is 0 Å². The van der Waals surface area contributed by atoms with Gasteiger partial charge in [0.1, 0.15) is 6.42 Å². The summed E-state index contributed by atoms with van der Waals surface area (Å²) < 4.78 is 47.3. The van der Waals surface area contributed by atoms with Gasteiger partial charge in [0.15, 0.2) is 11.6 Å². The Labute approximate surface area is 135 Å². The van der Waals surface area contributed by atoms with Crippen molar-refractivity contribution in [3.05, 3.63) is 23.4 Å². The molecule has 2 fully saturated rings. The van der Waals surface area contributed by atoms with Crippen molar-refractivity contribution in [3.63, 3.8) is 0 Å². The molecule has 1 saturated heterocycles. The molecule has 1 aliphatic carbocycles. The number of likely N-dealkylation sites (tertiary alicyclic amines) is 1. The molecule has 130 valence electrons. The summed E-state index contributed by atoms with van der Waals surface area (Å²) >= 11 is 0. The van der Waals surface area contributed by atoms with Gasteiger partial charge in [-0.05, 0) is 32.2 Å². The lowest BCUT2D eigenvalue weighted by molar-refractivity contribution is -0.128. The minimum absolute atomic E-state index is 0.0285. The largest absolute Gasteiger partial charge is 0.396 e. The Bertz CT molecular complexity index is 709. The maximum atomic E-state index is 12.4. The lowest BCUT2D eigenvalue weighted by Crippen LogP contribution is -2.24. The molecular formula is C14H16F3N5O2. The summed E-state index contributed by atoms with van der Waals surface area (Å²) in [6.45, 7) is 1.05. The Morgan fingerprint density at radius 1 is 1.08 bits per heavy atom. The van der Waals surface area contributed by atoms with Crippen molar-refractivity contribution >= 4 is 0 Å². The van der Waals surface area contributed by atoms with E-state index in [1.165, 1.54) is 0 Å². The Hall–Kier alpha value is -1.97. The molecule has 24 heavy (non-hydrogen) atoms. The molecule has 0 aromatic carbocycles. The molecule has 0 spiro atoms. The quantitative estimate of drug-likeness (QED) is 0.825. The molecule has 3 heterocycles. The first-order valence-corrected chi connectivity index (χ1v) is 7.94. The monoisotopic (exact) mass is 343 g/mol. The Balaban J connectivity index is 1.43. The van der Waals surface area contributed by atoms with Crippen LogP contribution < -0.4 is 0 Å². The summed E-state index contributed by atoms with van der Waals surface area (Å²) in [7, 11) is 0. The van der Waals surface area contributed by atoms with E-state index in [1.807, 2.05) is 4.90 Å². The molecule has 0 amide bonds. The van der Waals surface area contributed by atoms with Crippen LogP contribution in [-0.4, -0.2) is 37.9 Å². The van der Waals surface area contributed by atoms with Crippen molar-refractivity contribution in [2.75, 3.05) is 6.54 Å². The minimum Gasteiger partial charge on any atom is -0.339 e. The number of nitrogens with zero attached hydrogens (tertiary/aromatic N) is 5. The summed E-state index contributed by atoms with van der Waals surface area (Å²) in [5.41, 5.74) is 0. The number of hydrogen-bond donors (Lipinski definition) is 0. The fraction of sp³-hybridized carbons (Fsp3) is 0.714. The molecule has 0 N–H and O–H groups in total. The predicted octanol–water partition coefficient (Wildman–Crippen LogP) is 2.77. The van der Waals surface area contributed by atoms with Crippen LogP contribution in [0.25, 0.3) is 0 Å². The lowest BCUT2D eigenvalue weighted by atomic mass is 10.2. The highest BCUT2D eigenvalue weighted by molar-refractivity contribution is 5.05. The van der Waals surface area contributed by atoms with E-state index in [1.54, 1.807) is 0 Å². The number of rotatable bonds is 5. The summed E-state index contributed by atoms with van der Waals surface area (Å²) in [5.74, 6) is 1.53. The standard InChI is InChI=1S/C14H16F3N5O2/c15-14(16,17)6-10-18-11(23-20-10)7-22-5-1-2-9(22)12-19-13(24-21-12)8-3-4-8/h8-9H,1-7H2/t9-/m0/s1. The van der Waals surface area contributed by atoms with Crippen LogP contribution in [0.4, 0.5) is 13.2 Å². The second-order valence-electron chi connectivity index (χ2n) is 6.29. The Morgan fingerprint density at radius 2 is 1.92 bits per heavy atom. The Kier molecular flexibility index (Phi) is 3.78. The van der Waals surface area contributed by atoms with Gasteiger partial charge in [0.2, 0.25) is 11.8 Å². The first-order valence-electron chi connectivity index (χ1n) is 7.94. The van der Waals surface area contributed by atoms with E-state index in [2.05, 4.69) is 20.3 Å². The molecule has 10 heteroatoms. The van der Waals surface area contributed by atoms with Gasteiger partial charge in [-0.2, -0.15) is 23.1 Å². The number of aromatic nitrogens is 4. The van der Waals surface area contributed by atoms with Gasteiger partial charge >= 0.3 is 6.18 Å². The molecule has 2 aliphatic rings. The van der Waals surface area contributed by atoms with Crippen molar-refractivity contribution in [1.82, 2.24) is 25.2 Å². The maximum absolute atomic E-state index is 12.4. The van der Waals surface area contributed by atoms with Crippen LogP contribution in [0.3, 0.4) is 0 Å². The molecule has 0 unspecified atom stereocenters. The van der Waals surface area contributed by atoms with Gasteiger partial charge in [-0.25, -0.2) is 0 Å². The molecular weight excluding hydrogens is 327 g/mol. The van der Waals surface area contributed by atoms with Gasteiger partial charge in [0, 0.05) is 5.92 Å². The third-order valence-electron chi connectivity index (χ3n) is 4.25. The van der Waals surface area contributed by atoms with E-state index in [0.717, 1.165) is 32.2 Å². The normalized spacial score (nSPS) is 22.4. The van der Waals surface area contributed by atoms with Crippen LogP contribution >= 0.6 is 0 Å². The topological polar surface area (TPSA) is 81.1 Å². The highest BCUT2D eigenvalue weighted by atomic mass is 19.4. The summed E-state index contributed by atoms with van der Waals surface area (Å²) in [4.78, 5) is 10.3. The van der Waals surface area contributed by atoms with Crippen molar-refractivity contribution < 1.29 is 22.2 Å². The average molecular weight is 343 g/mol. The predicted molar refractivity (Wildman–Crippen MR) is 72.7 cm³/mol. The zero-order valence-corrected chi connectivity index (χ0v) is 12.8.